The Morgan fingerprint density at radius 1 is 1.31 bits per heavy atom. The third-order valence-corrected chi connectivity index (χ3v) is 2.80. The van der Waals surface area contributed by atoms with Gasteiger partial charge >= 0.3 is 0 Å². The number of nitrogens with zero attached hydrogens (tertiary/aromatic N) is 3. The molecule has 0 amide bonds. The number of aromatic nitrogens is 3. The molecule has 0 saturated carbocycles. The number of rotatable bonds is 3. The Morgan fingerprint density at radius 2 is 2.12 bits per heavy atom. The highest BCUT2D eigenvalue weighted by Gasteiger charge is 2.03. The van der Waals surface area contributed by atoms with Crippen LogP contribution in [0.15, 0.2) is 24.5 Å². The first-order valence-corrected chi connectivity index (χ1v) is 5.33. The Bertz CT molecular complexity index is 499. The monoisotopic (exact) mass is 257 g/mol. The molecule has 2 aromatic rings. The minimum Gasteiger partial charge on any atom is -0.486 e. The first-order valence-electron chi connectivity index (χ1n) is 4.57. The van der Waals surface area contributed by atoms with Gasteiger partial charge in [-0.2, -0.15) is 5.10 Å². The van der Waals surface area contributed by atoms with Gasteiger partial charge in [-0.25, -0.2) is 4.98 Å². The second kappa shape index (κ2) is 4.72. The third-order valence-electron chi connectivity index (χ3n) is 2.06. The van der Waals surface area contributed by atoms with Crippen molar-refractivity contribution in [2.24, 2.45) is 7.05 Å². The van der Waals surface area contributed by atoms with Gasteiger partial charge in [0.15, 0.2) is 5.82 Å². The zero-order valence-corrected chi connectivity index (χ0v) is 10.0. The molecule has 1 aromatic carbocycles. The third kappa shape index (κ3) is 2.46. The predicted molar refractivity (Wildman–Crippen MR) is 61.8 cm³/mol. The largest absolute Gasteiger partial charge is 0.486 e. The SMILES string of the molecule is Cn1ncnc1COc1ccc(Cl)c(Cl)c1. The molecule has 0 atom stereocenters. The van der Waals surface area contributed by atoms with Crippen molar-refractivity contribution in [3.8, 4) is 5.75 Å². The molecular formula is C10H9Cl2N3O. The maximum absolute atomic E-state index is 5.86. The fraction of sp³-hybridized carbons (Fsp3) is 0.200. The van der Waals surface area contributed by atoms with Crippen LogP contribution in [0.5, 0.6) is 5.75 Å². The van der Waals surface area contributed by atoms with Crippen molar-refractivity contribution in [1.29, 1.82) is 0 Å². The Morgan fingerprint density at radius 3 is 2.75 bits per heavy atom. The average molecular weight is 258 g/mol. The van der Waals surface area contributed by atoms with Crippen molar-refractivity contribution in [3.05, 3.63) is 40.4 Å². The molecule has 0 spiro atoms. The second-order valence-corrected chi connectivity index (χ2v) is 3.98. The molecule has 0 aliphatic carbocycles. The Hall–Kier alpha value is -1.26. The van der Waals surface area contributed by atoms with Crippen LogP contribution in [0.1, 0.15) is 5.82 Å². The van der Waals surface area contributed by atoms with E-state index < -0.39 is 0 Å². The van der Waals surface area contributed by atoms with Crippen molar-refractivity contribution in [2.45, 2.75) is 6.61 Å². The van der Waals surface area contributed by atoms with Crippen molar-refractivity contribution in [3.63, 3.8) is 0 Å². The van der Waals surface area contributed by atoms with E-state index in [1.54, 1.807) is 29.9 Å². The molecule has 0 N–H and O–H groups in total. The standard InChI is InChI=1S/C10H9Cl2N3O/c1-15-10(13-6-14-15)5-16-7-2-3-8(11)9(12)4-7/h2-4,6H,5H2,1H3. The molecular weight excluding hydrogens is 249 g/mol. The molecule has 4 nitrogen and oxygen atoms in total. The average Bonchev–Trinajstić information content (AvgIpc) is 2.66. The van der Waals surface area contributed by atoms with Gasteiger partial charge in [0, 0.05) is 13.1 Å². The maximum atomic E-state index is 5.86. The van der Waals surface area contributed by atoms with Crippen molar-refractivity contribution in [2.75, 3.05) is 0 Å². The quantitative estimate of drug-likeness (QED) is 0.849. The minimum atomic E-state index is 0.342. The number of halogens is 2. The normalized spacial score (nSPS) is 10.4. The van der Waals surface area contributed by atoms with Crippen LogP contribution in [-0.2, 0) is 13.7 Å². The van der Waals surface area contributed by atoms with Gasteiger partial charge in [-0.3, -0.25) is 4.68 Å². The number of ether oxygens (including phenoxy) is 1. The molecule has 0 aliphatic heterocycles. The summed E-state index contributed by atoms with van der Waals surface area (Å²) in [5.41, 5.74) is 0. The number of hydrogen-bond acceptors (Lipinski definition) is 3. The lowest BCUT2D eigenvalue weighted by Crippen LogP contribution is -2.04. The summed E-state index contributed by atoms with van der Waals surface area (Å²) >= 11 is 11.7. The van der Waals surface area contributed by atoms with Gasteiger partial charge in [0.25, 0.3) is 0 Å². The van der Waals surface area contributed by atoms with E-state index in [0.717, 1.165) is 5.82 Å². The van der Waals surface area contributed by atoms with Gasteiger partial charge in [-0.15, -0.1) is 0 Å². The van der Waals surface area contributed by atoms with Crippen LogP contribution < -0.4 is 4.74 Å². The molecule has 2 rings (SSSR count). The van der Waals surface area contributed by atoms with Gasteiger partial charge in [-0.1, -0.05) is 23.2 Å². The first-order chi connectivity index (χ1) is 7.66. The zero-order valence-electron chi connectivity index (χ0n) is 8.52. The molecule has 0 bridgehead atoms. The van der Waals surface area contributed by atoms with Crippen LogP contribution in [0.25, 0.3) is 0 Å². The van der Waals surface area contributed by atoms with Crippen LogP contribution >= 0.6 is 23.2 Å². The minimum absolute atomic E-state index is 0.342. The van der Waals surface area contributed by atoms with E-state index in [4.69, 9.17) is 27.9 Å². The van der Waals surface area contributed by atoms with Crippen LogP contribution in [0.2, 0.25) is 10.0 Å². The molecule has 84 valence electrons. The molecule has 0 radical (unpaired) electrons. The lowest BCUT2D eigenvalue weighted by Gasteiger charge is -2.06. The summed E-state index contributed by atoms with van der Waals surface area (Å²) in [6.45, 7) is 0.342. The van der Waals surface area contributed by atoms with E-state index in [-0.39, 0.29) is 0 Å². The van der Waals surface area contributed by atoms with Crippen molar-refractivity contribution < 1.29 is 4.74 Å². The van der Waals surface area contributed by atoms with Gasteiger partial charge < -0.3 is 4.74 Å². The van der Waals surface area contributed by atoms with E-state index in [0.29, 0.717) is 22.4 Å². The van der Waals surface area contributed by atoms with Crippen LogP contribution in [0.4, 0.5) is 0 Å². The summed E-state index contributed by atoms with van der Waals surface area (Å²) in [4.78, 5) is 4.04. The van der Waals surface area contributed by atoms with Gasteiger partial charge in [-0.05, 0) is 12.1 Å². The Kier molecular flexibility index (Phi) is 3.31. The summed E-state index contributed by atoms with van der Waals surface area (Å²) < 4.78 is 7.15. The maximum Gasteiger partial charge on any atom is 0.164 e. The van der Waals surface area contributed by atoms with Gasteiger partial charge in [0.1, 0.15) is 18.7 Å². The molecule has 0 aliphatic rings. The summed E-state index contributed by atoms with van der Waals surface area (Å²) in [6, 6.07) is 5.11. The Balaban J connectivity index is 2.05. The van der Waals surface area contributed by atoms with E-state index >= 15 is 0 Å². The van der Waals surface area contributed by atoms with Crippen LogP contribution in [-0.4, -0.2) is 14.8 Å². The molecule has 6 heteroatoms. The zero-order chi connectivity index (χ0) is 11.5. The second-order valence-electron chi connectivity index (χ2n) is 3.16. The summed E-state index contributed by atoms with van der Waals surface area (Å²) in [5.74, 6) is 1.39. The lowest BCUT2D eigenvalue weighted by molar-refractivity contribution is 0.290. The summed E-state index contributed by atoms with van der Waals surface area (Å²) in [6.07, 6.45) is 1.48. The first kappa shape index (κ1) is 11.2. The molecule has 1 heterocycles. The van der Waals surface area contributed by atoms with Gasteiger partial charge in [0.2, 0.25) is 0 Å². The Labute approximate surface area is 103 Å². The van der Waals surface area contributed by atoms with Crippen LogP contribution in [0.3, 0.4) is 0 Å². The highest BCUT2D eigenvalue weighted by atomic mass is 35.5. The molecule has 0 unspecified atom stereocenters. The fourth-order valence-corrected chi connectivity index (χ4v) is 1.45. The van der Waals surface area contributed by atoms with Crippen LogP contribution in [0, 0.1) is 0 Å². The fourth-order valence-electron chi connectivity index (χ4n) is 1.17. The van der Waals surface area contributed by atoms with E-state index in [1.165, 1.54) is 6.33 Å². The lowest BCUT2D eigenvalue weighted by atomic mass is 10.3. The smallest absolute Gasteiger partial charge is 0.164 e. The van der Waals surface area contributed by atoms with E-state index in [1.807, 2.05) is 0 Å². The highest BCUT2D eigenvalue weighted by Crippen LogP contribution is 2.26. The van der Waals surface area contributed by atoms with E-state index in [2.05, 4.69) is 10.1 Å². The number of aryl methyl sites for hydroxylation is 1. The molecule has 0 saturated heterocycles. The highest BCUT2D eigenvalue weighted by molar-refractivity contribution is 6.42. The van der Waals surface area contributed by atoms with Gasteiger partial charge in [0.05, 0.1) is 10.0 Å². The predicted octanol–water partition coefficient (Wildman–Crippen LogP) is 2.70. The van der Waals surface area contributed by atoms with E-state index in [9.17, 15) is 0 Å². The van der Waals surface area contributed by atoms with Crippen molar-refractivity contribution >= 4 is 23.2 Å². The molecule has 1 aromatic heterocycles. The summed E-state index contributed by atoms with van der Waals surface area (Å²) in [7, 11) is 1.81. The topological polar surface area (TPSA) is 39.9 Å². The van der Waals surface area contributed by atoms with Crippen molar-refractivity contribution in [1.82, 2.24) is 14.8 Å². The molecule has 16 heavy (non-hydrogen) atoms. The summed E-state index contributed by atoms with van der Waals surface area (Å²) in [5, 5.41) is 4.92. The molecule has 0 fully saturated rings. The number of benzene rings is 1. The number of hydrogen-bond donors (Lipinski definition) is 0.